The number of esters is 3. The molecule has 0 amide bonds. The smallest absolute Gasteiger partial charge is 0.463 e. The number of carbonyl (C=O) groups is 3. The molecule has 2 aliphatic heterocycles. The summed E-state index contributed by atoms with van der Waals surface area (Å²) in [6.45, 7) is 5.68. The van der Waals surface area contributed by atoms with Gasteiger partial charge < -0.3 is 89.1 Å². The van der Waals surface area contributed by atoms with Crippen LogP contribution >= 0.6 is 7.82 Å². The number of ether oxygens (including phenoxy) is 7. The second-order valence-electron chi connectivity index (χ2n) is 28.8. The van der Waals surface area contributed by atoms with Crippen molar-refractivity contribution in [1.29, 1.82) is 0 Å². The molecule has 3 rings (SSSR count). The second-order valence-corrected chi connectivity index (χ2v) is 30.2. The molecule has 0 aromatic carbocycles. The Morgan fingerprint density at radius 2 is 0.812 bits per heavy atom. The van der Waals surface area contributed by atoms with Crippen LogP contribution in [0.4, 0.5) is 0 Å². The first-order valence-electron chi connectivity index (χ1n) is 39.6. The summed E-state index contributed by atoms with van der Waals surface area (Å²) in [4.78, 5) is 51.0. The zero-order chi connectivity index (χ0) is 74.1. The molecule has 592 valence electrons. The van der Waals surface area contributed by atoms with Crippen molar-refractivity contribution in [1.82, 2.24) is 0 Å². The topological polar surface area (TPSA) is 374 Å². The highest BCUT2D eigenvalue weighted by Gasteiger charge is 2.58. The minimum absolute atomic E-state index is 0.0258. The molecule has 0 radical (unpaired) electrons. The van der Waals surface area contributed by atoms with E-state index in [9.17, 15) is 74.9 Å². The number of aliphatic hydroxyl groups is 10. The van der Waals surface area contributed by atoms with E-state index in [1.165, 1.54) is 167 Å². The Morgan fingerprint density at radius 1 is 0.436 bits per heavy atom. The van der Waals surface area contributed by atoms with Gasteiger partial charge in [-0.15, -0.1) is 0 Å². The van der Waals surface area contributed by atoms with E-state index in [0.717, 1.165) is 96.0 Å². The summed E-state index contributed by atoms with van der Waals surface area (Å²) in [7, 11) is -5.72. The zero-order valence-corrected chi connectivity index (χ0v) is 63.0. The maximum absolute atomic E-state index is 14.3. The standard InChI is InChI=1S/C76H139O24P/c1-5-8-11-14-17-19-21-23-25-27-29-31-33-39-44-49-60(78)92-53-57(95-62(80)51-46-41-34-32-30-28-26-24-22-20-18-15-12-9-6-2)54-94-101(90,91)100-74-72(98-75-70(88)65(83)63(81)58(52-77)96-75)68(86)67(85)69(87)73(74)99-76-71(89)66(84)64(82)59(97-76)55-93-61(79)50-45-40-36-35-38-43-48-56(4)47-42-37-16-13-10-7-3/h34,41,46,51,56-59,63-77,81-89H,5-33,35-40,42-45,47-50,52-55H2,1-4H3,(H,90,91)/b41-34+,51-46+. The number of allylic oxidation sites excluding steroid dienone is 3. The number of carbonyl (C=O) groups excluding carboxylic acids is 3. The normalized spacial score (nSPS) is 27.6. The minimum atomic E-state index is -5.72. The molecular weight excluding hydrogens is 1330 g/mol. The van der Waals surface area contributed by atoms with Gasteiger partial charge in [0.15, 0.2) is 18.7 Å². The van der Waals surface area contributed by atoms with E-state index in [0.29, 0.717) is 18.8 Å². The van der Waals surface area contributed by atoms with E-state index < -0.39 is 156 Å². The van der Waals surface area contributed by atoms with Crippen LogP contribution in [-0.4, -0.2) is 204 Å². The number of rotatable bonds is 61. The fourth-order valence-electron chi connectivity index (χ4n) is 13.2. The average molecular weight is 1470 g/mol. The third-order valence-corrected chi connectivity index (χ3v) is 20.7. The fraction of sp³-hybridized carbons (Fsp3) is 0.908. The van der Waals surface area contributed by atoms with Gasteiger partial charge in [0.05, 0.1) is 13.2 Å². The number of phosphoric ester groups is 1. The summed E-state index contributed by atoms with van der Waals surface area (Å²) in [6, 6.07) is 0. The van der Waals surface area contributed by atoms with E-state index in [-0.39, 0.29) is 12.8 Å². The molecule has 3 fully saturated rings. The molecule has 3 aliphatic rings. The fourth-order valence-corrected chi connectivity index (χ4v) is 14.2. The van der Waals surface area contributed by atoms with Gasteiger partial charge in [-0.3, -0.25) is 18.6 Å². The van der Waals surface area contributed by atoms with Gasteiger partial charge in [-0.05, 0) is 31.6 Å². The van der Waals surface area contributed by atoms with Gasteiger partial charge in [-0.2, -0.15) is 0 Å². The van der Waals surface area contributed by atoms with Gasteiger partial charge in [0.1, 0.15) is 98.7 Å². The van der Waals surface area contributed by atoms with Crippen LogP contribution in [0, 0.1) is 5.92 Å². The van der Waals surface area contributed by atoms with Crippen molar-refractivity contribution >= 4 is 25.7 Å². The summed E-state index contributed by atoms with van der Waals surface area (Å²) < 4.78 is 64.9. The van der Waals surface area contributed by atoms with Crippen molar-refractivity contribution in [2.45, 2.75) is 408 Å². The van der Waals surface area contributed by atoms with Gasteiger partial charge in [0.25, 0.3) is 0 Å². The van der Waals surface area contributed by atoms with Crippen LogP contribution in [0.3, 0.4) is 0 Å². The quantitative estimate of drug-likeness (QED) is 0.00673. The molecule has 2 heterocycles. The van der Waals surface area contributed by atoms with Crippen molar-refractivity contribution < 1.29 is 117 Å². The highest BCUT2D eigenvalue weighted by molar-refractivity contribution is 7.47. The van der Waals surface area contributed by atoms with Gasteiger partial charge in [0.2, 0.25) is 0 Å². The van der Waals surface area contributed by atoms with Gasteiger partial charge in [-0.1, -0.05) is 283 Å². The van der Waals surface area contributed by atoms with Crippen molar-refractivity contribution in [3.05, 3.63) is 24.3 Å². The predicted molar refractivity (Wildman–Crippen MR) is 384 cm³/mol. The number of phosphoric acid groups is 1. The first-order valence-corrected chi connectivity index (χ1v) is 41.0. The summed E-state index contributed by atoms with van der Waals surface area (Å²) in [6.07, 6.45) is 17.3. The number of hydrogen-bond acceptors (Lipinski definition) is 23. The van der Waals surface area contributed by atoms with E-state index in [1.807, 2.05) is 6.08 Å². The molecule has 2 saturated heterocycles. The maximum atomic E-state index is 14.3. The van der Waals surface area contributed by atoms with E-state index in [2.05, 4.69) is 27.7 Å². The van der Waals surface area contributed by atoms with Crippen molar-refractivity contribution in [2.75, 3.05) is 26.4 Å². The average Bonchev–Trinajstić information content (AvgIpc) is 0.762. The molecule has 19 unspecified atom stereocenters. The summed E-state index contributed by atoms with van der Waals surface area (Å²) in [5, 5.41) is 110. The monoisotopic (exact) mass is 1470 g/mol. The third-order valence-electron chi connectivity index (χ3n) is 19.7. The largest absolute Gasteiger partial charge is 0.472 e. The van der Waals surface area contributed by atoms with E-state index in [1.54, 1.807) is 6.08 Å². The highest BCUT2D eigenvalue weighted by Crippen LogP contribution is 2.49. The van der Waals surface area contributed by atoms with E-state index >= 15 is 0 Å². The second kappa shape index (κ2) is 56.7. The predicted octanol–water partition coefficient (Wildman–Crippen LogP) is 11.5. The first kappa shape index (κ1) is 92.6. The number of unbranched alkanes of at least 4 members (excludes halogenated alkanes) is 35. The number of hydrogen-bond donors (Lipinski definition) is 11. The summed E-state index contributed by atoms with van der Waals surface area (Å²) >= 11 is 0. The highest BCUT2D eigenvalue weighted by atomic mass is 31.2. The Bertz CT molecular complexity index is 2190. The zero-order valence-electron chi connectivity index (χ0n) is 62.1. The summed E-state index contributed by atoms with van der Waals surface area (Å²) in [5.74, 6) is -1.54. The third kappa shape index (κ3) is 39.7. The van der Waals surface area contributed by atoms with Crippen LogP contribution < -0.4 is 0 Å². The minimum Gasteiger partial charge on any atom is -0.463 e. The molecular formula is C76H139O24P. The van der Waals surface area contributed by atoms with Crippen LogP contribution in [0.15, 0.2) is 24.3 Å². The summed E-state index contributed by atoms with van der Waals surface area (Å²) in [5.41, 5.74) is 0. The Hall–Kier alpha value is -2.56. The lowest BCUT2D eigenvalue weighted by molar-refractivity contribution is -0.360. The SMILES string of the molecule is CCCCCCCCCCCCC/C=C/C=C/C(=O)OC(COC(=O)CCCCCCCCCCCCCCCCC)COP(=O)(O)OC1C(OC2OC(CO)C(O)C(O)C2O)C(O)C(O)C(O)C1OC1OC(COC(=O)CCCCCCCCC(C)CCCCCCCC)C(O)C(O)C1O. The first-order chi connectivity index (χ1) is 48.7. The molecule has 25 heteroatoms. The van der Waals surface area contributed by atoms with Crippen LogP contribution in [0.5, 0.6) is 0 Å². The molecule has 1 aliphatic carbocycles. The molecule has 24 nitrogen and oxygen atoms in total. The van der Waals surface area contributed by atoms with Crippen molar-refractivity contribution in [2.24, 2.45) is 5.92 Å². The van der Waals surface area contributed by atoms with Gasteiger partial charge >= 0.3 is 25.7 Å². The lowest BCUT2D eigenvalue weighted by Crippen LogP contribution is -2.69. The van der Waals surface area contributed by atoms with Crippen LogP contribution in [0.25, 0.3) is 0 Å². The maximum Gasteiger partial charge on any atom is 0.472 e. The molecule has 1 saturated carbocycles. The van der Waals surface area contributed by atoms with Crippen molar-refractivity contribution in [3.63, 3.8) is 0 Å². The molecule has 0 bridgehead atoms. The van der Waals surface area contributed by atoms with Crippen molar-refractivity contribution in [3.8, 4) is 0 Å². The Kier molecular flexibility index (Phi) is 52.0. The lowest BCUT2D eigenvalue weighted by Gasteiger charge is -2.49. The molecule has 0 aromatic rings. The van der Waals surface area contributed by atoms with Crippen LogP contribution in [0.2, 0.25) is 0 Å². The number of aliphatic hydroxyl groups excluding tert-OH is 10. The Labute approximate surface area is 605 Å². The molecule has 11 N–H and O–H groups in total. The Balaban J connectivity index is 1.74. The van der Waals surface area contributed by atoms with Gasteiger partial charge in [-0.25, -0.2) is 9.36 Å². The van der Waals surface area contributed by atoms with Gasteiger partial charge in [0, 0.05) is 18.9 Å². The molecule has 101 heavy (non-hydrogen) atoms. The lowest BCUT2D eigenvalue weighted by atomic mass is 9.84. The van der Waals surface area contributed by atoms with Crippen LogP contribution in [0.1, 0.15) is 304 Å². The van der Waals surface area contributed by atoms with E-state index in [4.69, 9.17) is 42.2 Å². The Morgan fingerprint density at radius 3 is 1.25 bits per heavy atom. The molecule has 0 aromatic heterocycles. The molecule has 0 spiro atoms. The van der Waals surface area contributed by atoms with Crippen LogP contribution in [-0.2, 0) is 61.2 Å². The molecule has 19 atom stereocenters.